The molecule has 1 aliphatic rings. The first-order chi connectivity index (χ1) is 16.4. The Morgan fingerprint density at radius 3 is 2.53 bits per heavy atom. The van der Waals surface area contributed by atoms with E-state index in [9.17, 15) is 9.59 Å². The number of fused-ring (bicyclic) bond motifs is 1. The van der Waals surface area contributed by atoms with Gasteiger partial charge < -0.3 is 10.2 Å². The minimum Gasteiger partial charge on any atom is -0.348 e. The van der Waals surface area contributed by atoms with Crippen LogP contribution in [0.4, 0.5) is 5.69 Å². The fourth-order valence-electron chi connectivity index (χ4n) is 4.44. The van der Waals surface area contributed by atoms with Crippen LogP contribution in [0, 0.1) is 5.92 Å². The molecule has 0 fully saturated rings. The number of carbonyl (C=O) groups is 2. The number of nitrogens with zero attached hydrogens (tertiary/aromatic N) is 3. The van der Waals surface area contributed by atoms with Crippen LogP contribution in [0.15, 0.2) is 42.7 Å². The molecule has 6 nitrogen and oxygen atoms in total. The second-order valence-electron chi connectivity index (χ2n) is 9.78. The number of rotatable bonds is 6. The molecular weight excluding hydrogens is 424 g/mol. The molecule has 2 amide bonds. The summed E-state index contributed by atoms with van der Waals surface area (Å²) in [5.41, 5.74) is 3.58. The van der Waals surface area contributed by atoms with E-state index in [1.165, 1.54) is 19.3 Å². The SMILES string of the molecule is CC(=O)N1CCCCCCCN(CCC(C)C)Cc2cc(C(=O)NCc3cccnc3)ccc21. The van der Waals surface area contributed by atoms with Crippen molar-refractivity contribution in [2.75, 3.05) is 24.5 Å². The van der Waals surface area contributed by atoms with Gasteiger partial charge in [0.15, 0.2) is 0 Å². The van der Waals surface area contributed by atoms with Crippen LogP contribution in [0.25, 0.3) is 0 Å². The summed E-state index contributed by atoms with van der Waals surface area (Å²) in [5, 5.41) is 3.00. The van der Waals surface area contributed by atoms with E-state index in [4.69, 9.17) is 0 Å². The van der Waals surface area contributed by atoms with E-state index in [-0.39, 0.29) is 11.8 Å². The first kappa shape index (κ1) is 25.9. The average molecular weight is 465 g/mol. The van der Waals surface area contributed by atoms with Crippen LogP contribution in [0.3, 0.4) is 0 Å². The molecule has 184 valence electrons. The Hall–Kier alpha value is -2.73. The van der Waals surface area contributed by atoms with Gasteiger partial charge in [-0.3, -0.25) is 19.5 Å². The first-order valence-electron chi connectivity index (χ1n) is 12.7. The standard InChI is InChI=1S/C28H40N4O2/c1-22(2)13-17-31-15-7-5-4-6-8-16-32(23(3)33)27-12-11-25(18-26(27)21-31)28(34)30-20-24-10-9-14-29-19-24/h9-12,14,18-19,22H,4-8,13,15-17,20-21H2,1-3H3,(H,30,34). The Bertz CT molecular complexity index is 929. The molecular formula is C28H40N4O2. The van der Waals surface area contributed by atoms with Crippen LogP contribution in [0.2, 0.25) is 0 Å². The van der Waals surface area contributed by atoms with E-state index in [0.29, 0.717) is 18.0 Å². The smallest absolute Gasteiger partial charge is 0.251 e. The Morgan fingerprint density at radius 2 is 1.82 bits per heavy atom. The van der Waals surface area contributed by atoms with Gasteiger partial charge in [-0.05, 0) is 73.7 Å². The van der Waals surface area contributed by atoms with E-state index < -0.39 is 0 Å². The zero-order chi connectivity index (χ0) is 24.3. The second-order valence-corrected chi connectivity index (χ2v) is 9.78. The van der Waals surface area contributed by atoms with E-state index in [1.54, 1.807) is 19.3 Å². The zero-order valence-electron chi connectivity index (χ0n) is 21.1. The highest BCUT2D eigenvalue weighted by atomic mass is 16.2. The Labute approximate surface area is 204 Å². The Kier molecular flexibility index (Phi) is 10.1. The molecule has 0 spiro atoms. The molecule has 2 aromatic rings. The van der Waals surface area contributed by atoms with E-state index >= 15 is 0 Å². The number of hydrogen-bond acceptors (Lipinski definition) is 4. The topological polar surface area (TPSA) is 65.5 Å². The molecule has 1 aliphatic heterocycles. The van der Waals surface area contributed by atoms with Gasteiger partial charge in [0.25, 0.3) is 5.91 Å². The molecule has 34 heavy (non-hydrogen) atoms. The number of hydrogen-bond donors (Lipinski definition) is 1. The molecule has 0 atom stereocenters. The molecule has 0 bridgehead atoms. The fraction of sp³-hybridized carbons (Fsp3) is 0.536. The van der Waals surface area contributed by atoms with Crippen molar-refractivity contribution in [3.8, 4) is 0 Å². The first-order valence-corrected chi connectivity index (χ1v) is 12.7. The lowest BCUT2D eigenvalue weighted by Crippen LogP contribution is -2.33. The lowest BCUT2D eigenvalue weighted by molar-refractivity contribution is -0.116. The van der Waals surface area contributed by atoms with Gasteiger partial charge in [0, 0.05) is 50.2 Å². The number of aromatic nitrogens is 1. The average Bonchev–Trinajstić information content (AvgIpc) is 2.82. The highest BCUT2D eigenvalue weighted by Crippen LogP contribution is 2.26. The van der Waals surface area contributed by atoms with Crippen molar-refractivity contribution in [3.05, 3.63) is 59.4 Å². The summed E-state index contributed by atoms with van der Waals surface area (Å²) in [6.45, 7) is 10.1. The van der Waals surface area contributed by atoms with Gasteiger partial charge in [-0.2, -0.15) is 0 Å². The van der Waals surface area contributed by atoms with Crippen molar-refractivity contribution in [1.29, 1.82) is 0 Å². The molecule has 1 aromatic heterocycles. The predicted molar refractivity (Wildman–Crippen MR) is 138 cm³/mol. The lowest BCUT2D eigenvalue weighted by atomic mass is 10.0. The van der Waals surface area contributed by atoms with Gasteiger partial charge in [0.05, 0.1) is 0 Å². The summed E-state index contributed by atoms with van der Waals surface area (Å²) >= 11 is 0. The van der Waals surface area contributed by atoms with Crippen molar-refractivity contribution in [3.63, 3.8) is 0 Å². The van der Waals surface area contributed by atoms with Gasteiger partial charge in [0.1, 0.15) is 0 Å². The maximum atomic E-state index is 13.0. The minimum atomic E-state index is -0.110. The lowest BCUT2D eigenvalue weighted by Gasteiger charge is -2.29. The van der Waals surface area contributed by atoms with Crippen LogP contribution < -0.4 is 10.2 Å². The third-order valence-electron chi connectivity index (χ3n) is 6.46. The summed E-state index contributed by atoms with van der Waals surface area (Å²) < 4.78 is 0. The largest absolute Gasteiger partial charge is 0.348 e. The molecule has 2 heterocycles. The van der Waals surface area contributed by atoms with Crippen LogP contribution in [0.5, 0.6) is 0 Å². The third kappa shape index (κ3) is 7.94. The molecule has 1 N–H and O–H groups in total. The van der Waals surface area contributed by atoms with Crippen molar-refractivity contribution in [1.82, 2.24) is 15.2 Å². The van der Waals surface area contributed by atoms with Gasteiger partial charge in [-0.15, -0.1) is 0 Å². The van der Waals surface area contributed by atoms with Gasteiger partial charge in [-0.1, -0.05) is 39.2 Å². The van der Waals surface area contributed by atoms with Crippen LogP contribution in [-0.4, -0.2) is 41.3 Å². The Morgan fingerprint density at radius 1 is 1.06 bits per heavy atom. The fourth-order valence-corrected chi connectivity index (χ4v) is 4.44. The number of nitrogens with one attached hydrogen (secondary N) is 1. The summed E-state index contributed by atoms with van der Waals surface area (Å²) in [6, 6.07) is 9.60. The number of benzene rings is 1. The van der Waals surface area contributed by atoms with Crippen molar-refractivity contribution < 1.29 is 9.59 Å². The zero-order valence-corrected chi connectivity index (χ0v) is 21.1. The van der Waals surface area contributed by atoms with Gasteiger partial charge in [-0.25, -0.2) is 0 Å². The summed E-state index contributed by atoms with van der Waals surface area (Å²) in [5.74, 6) is 0.584. The van der Waals surface area contributed by atoms with Crippen LogP contribution in [-0.2, 0) is 17.9 Å². The highest BCUT2D eigenvalue weighted by molar-refractivity contribution is 5.97. The van der Waals surface area contributed by atoms with Crippen LogP contribution >= 0.6 is 0 Å². The normalized spacial score (nSPS) is 15.8. The molecule has 1 aromatic carbocycles. The summed E-state index contributed by atoms with van der Waals surface area (Å²) in [7, 11) is 0. The summed E-state index contributed by atoms with van der Waals surface area (Å²) in [6.07, 6.45) is 10.4. The quantitative estimate of drug-likeness (QED) is 0.640. The van der Waals surface area contributed by atoms with E-state index in [0.717, 1.165) is 62.3 Å². The second kappa shape index (κ2) is 13.2. The molecule has 0 saturated carbocycles. The molecule has 6 heteroatoms. The van der Waals surface area contributed by atoms with Gasteiger partial charge >= 0.3 is 0 Å². The summed E-state index contributed by atoms with van der Waals surface area (Å²) in [4.78, 5) is 34.1. The molecule has 0 saturated heterocycles. The monoisotopic (exact) mass is 464 g/mol. The van der Waals surface area contributed by atoms with Crippen molar-refractivity contribution >= 4 is 17.5 Å². The number of anilines is 1. The van der Waals surface area contributed by atoms with Crippen LogP contribution in [0.1, 0.15) is 80.8 Å². The number of carbonyl (C=O) groups excluding carboxylic acids is 2. The number of amides is 2. The molecule has 0 aliphatic carbocycles. The Balaban J connectivity index is 1.87. The van der Waals surface area contributed by atoms with Crippen molar-refractivity contribution in [2.24, 2.45) is 5.92 Å². The van der Waals surface area contributed by atoms with E-state index in [2.05, 4.69) is 29.0 Å². The maximum absolute atomic E-state index is 13.0. The maximum Gasteiger partial charge on any atom is 0.251 e. The minimum absolute atomic E-state index is 0.0563. The third-order valence-corrected chi connectivity index (χ3v) is 6.46. The van der Waals surface area contributed by atoms with Crippen molar-refractivity contribution in [2.45, 2.75) is 72.4 Å². The van der Waals surface area contributed by atoms with E-state index in [1.807, 2.05) is 35.2 Å². The highest BCUT2D eigenvalue weighted by Gasteiger charge is 2.20. The predicted octanol–water partition coefficient (Wildman–Crippen LogP) is 5.18. The number of pyridine rings is 1. The molecule has 0 unspecified atom stereocenters. The molecule has 3 rings (SSSR count). The van der Waals surface area contributed by atoms with Gasteiger partial charge in [0.2, 0.25) is 5.91 Å². The molecule has 0 radical (unpaired) electrons.